The molecule has 0 bridgehead atoms. The van der Waals surface area contributed by atoms with Crippen LogP contribution in [-0.2, 0) is 6.42 Å². The maximum absolute atomic E-state index is 5.44. The smallest absolute Gasteiger partial charge is 0.143 e. The number of methoxy groups -OCH3 is 2. The first-order valence-corrected chi connectivity index (χ1v) is 6.23. The molecule has 1 aromatic carbocycles. The lowest BCUT2D eigenvalue weighted by atomic mass is 10.1. The number of likely N-dealkylation sites (N-methyl/N-ethyl adjacent to an activating group) is 1. The van der Waals surface area contributed by atoms with Crippen molar-refractivity contribution in [3.63, 3.8) is 0 Å². The maximum atomic E-state index is 5.44. The maximum Gasteiger partial charge on any atom is 0.143 e. The number of hydrogen-bond donors (Lipinski definition) is 2. The predicted octanol–water partition coefficient (Wildman–Crippen LogP) is 2.34. The average Bonchev–Trinajstić information content (AvgIpc) is 2.82. The average molecular weight is 248 g/mol. The summed E-state index contributed by atoms with van der Waals surface area (Å²) in [6, 6.07) is 3.87. The van der Waals surface area contributed by atoms with Gasteiger partial charge >= 0.3 is 0 Å². The molecule has 4 heteroatoms. The number of rotatable bonds is 6. The minimum absolute atomic E-state index is 0.848. The van der Waals surface area contributed by atoms with Gasteiger partial charge in [-0.2, -0.15) is 0 Å². The van der Waals surface area contributed by atoms with E-state index in [4.69, 9.17) is 9.47 Å². The number of ether oxygens (including phenoxy) is 2. The first-order valence-electron chi connectivity index (χ1n) is 6.23. The topological polar surface area (TPSA) is 46.3 Å². The minimum atomic E-state index is 0.848. The number of aromatic amines is 1. The molecule has 0 fully saturated rings. The second-order valence-corrected chi connectivity index (χ2v) is 4.14. The molecule has 0 atom stereocenters. The van der Waals surface area contributed by atoms with E-state index in [0.717, 1.165) is 41.9 Å². The number of H-pyrrole nitrogens is 1. The van der Waals surface area contributed by atoms with Gasteiger partial charge in [-0.1, -0.05) is 6.92 Å². The molecule has 0 aliphatic carbocycles. The highest BCUT2D eigenvalue weighted by Crippen LogP contribution is 2.34. The van der Waals surface area contributed by atoms with Gasteiger partial charge in [0.1, 0.15) is 11.5 Å². The van der Waals surface area contributed by atoms with Crippen LogP contribution in [0.2, 0.25) is 0 Å². The van der Waals surface area contributed by atoms with Gasteiger partial charge in [0.25, 0.3) is 0 Å². The highest BCUT2D eigenvalue weighted by atomic mass is 16.5. The van der Waals surface area contributed by atoms with Gasteiger partial charge in [-0.25, -0.2) is 0 Å². The van der Waals surface area contributed by atoms with E-state index in [1.54, 1.807) is 14.2 Å². The lowest BCUT2D eigenvalue weighted by Gasteiger charge is -2.08. The number of fused-ring (bicyclic) bond motifs is 1. The summed E-state index contributed by atoms with van der Waals surface area (Å²) in [6.07, 6.45) is 3.00. The summed E-state index contributed by atoms with van der Waals surface area (Å²) < 4.78 is 10.8. The third kappa shape index (κ3) is 2.29. The molecule has 0 aliphatic rings. The minimum Gasteiger partial charge on any atom is -0.496 e. The molecule has 0 amide bonds. The highest BCUT2D eigenvalue weighted by Gasteiger charge is 2.12. The Morgan fingerprint density at radius 3 is 2.56 bits per heavy atom. The molecule has 1 heterocycles. The molecule has 1 aromatic heterocycles. The number of nitrogens with one attached hydrogen (secondary N) is 2. The van der Waals surface area contributed by atoms with E-state index in [1.165, 1.54) is 5.56 Å². The van der Waals surface area contributed by atoms with Crippen molar-refractivity contribution in [1.29, 1.82) is 0 Å². The Labute approximate surface area is 107 Å². The van der Waals surface area contributed by atoms with Crippen molar-refractivity contribution in [3.05, 3.63) is 23.9 Å². The Morgan fingerprint density at radius 2 is 1.89 bits per heavy atom. The second kappa shape index (κ2) is 5.78. The monoisotopic (exact) mass is 248 g/mol. The Balaban J connectivity index is 2.41. The third-order valence-corrected chi connectivity index (χ3v) is 3.10. The Morgan fingerprint density at radius 1 is 1.17 bits per heavy atom. The zero-order chi connectivity index (χ0) is 13.0. The molecule has 0 aliphatic heterocycles. The zero-order valence-electron chi connectivity index (χ0n) is 11.2. The first kappa shape index (κ1) is 12.8. The summed E-state index contributed by atoms with van der Waals surface area (Å²) in [6.45, 7) is 4.06. The quantitative estimate of drug-likeness (QED) is 0.771. The Hall–Kier alpha value is -1.68. The summed E-state index contributed by atoms with van der Waals surface area (Å²) in [4.78, 5) is 3.28. The molecule has 2 aromatic rings. The van der Waals surface area contributed by atoms with Crippen molar-refractivity contribution < 1.29 is 9.47 Å². The number of benzene rings is 1. The molecule has 18 heavy (non-hydrogen) atoms. The molecule has 0 saturated heterocycles. The summed E-state index contributed by atoms with van der Waals surface area (Å²) in [7, 11) is 3.38. The molecular formula is C14H20N2O2. The van der Waals surface area contributed by atoms with E-state index < -0.39 is 0 Å². The normalized spacial score (nSPS) is 10.8. The van der Waals surface area contributed by atoms with Gasteiger partial charge in [-0.3, -0.25) is 0 Å². The Kier molecular flexibility index (Phi) is 4.10. The van der Waals surface area contributed by atoms with Crippen LogP contribution < -0.4 is 14.8 Å². The van der Waals surface area contributed by atoms with Crippen LogP contribution in [0.5, 0.6) is 11.5 Å². The van der Waals surface area contributed by atoms with Crippen molar-refractivity contribution >= 4 is 10.9 Å². The molecular weight excluding hydrogens is 228 g/mol. The SMILES string of the molecule is CCNCCc1c[nH]c2c(OC)ccc(OC)c12. The van der Waals surface area contributed by atoms with E-state index in [0.29, 0.717) is 0 Å². The largest absolute Gasteiger partial charge is 0.496 e. The van der Waals surface area contributed by atoms with Crippen LogP contribution in [0.1, 0.15) is 12.5 Å². The van der Waals surface area contributed by atoms with Crippen molar-refractivity contribution in [3.8, 4) is 11.5 Å². The van der Waals surface area contributed by atoms with Gasteiger partial charge in [0.2, 0.25) is 0 Å². The fourth-order valence-corrected chi connectivity index (χ4v) is 2.20. The number of aromatic nitrogens is 1. The van der Waals surface area contributed by atoms with Gasteiger partial charge in [-0.15, -0.1) is 0 Å². The lowest BCUT2D eigenvalue weighted by molar-refractivity contribution is 0.410. The molecule has 0 saturated carbocycles. The zero-order valence-corrected chi connectivity index (χ0v) is 11.2. The molecule has 98 valence electrons. The van der Waals surface area contributed by atoms with Gasteiger partial charge < -0.3 is 19.8 Å². The van der Waals surface area contributed by atoms with E-state index >= 15 is 0 Å². The predicted molar refractivity (Wildman–Crippen MR) is 73.7 cm³/mol. The van der Waals surface area contributed by atoms with Crippen LogP contribution in [-0.4, -0.2) is 32.3 Å². The highest BCUT2D eigenvalue weighted by molar-refractivity contribution is 5.93. The Bertz CT molecular complexity index is 520. The molecule has 2 rings (SSSR count). The van der Waals surface area contributed by atoms with Crippen molar-refractivity contribution in [2.45, 2.75) is 13.3 Å². The van der Waals surface area contributed by atoms with E-state index in [1.807, 2.05) is 18.3 Å². The lowest BCUT2D eigenvalue weighted by Crippen LogP contribution is -2.15. The van der Waals surface area contributed by atoms with Gasteiger partial charge in [0, 0.05) is 11.6 Å². The van der Waals surface area contributed by atoms with E-state index in [9.17, 15) is 0 Å². The fourth-order valence-electron chi connectivity index (χ4n) is 2.20. The summed E-state index contributed by atoms with van der Waals surface area (Å²) in [5, 5.41) is 4.45. The standard InChI is InChI=1S/C14H20N2O2/c1-4-15-8-7-10-9-16-14-12(18-3)6-5-11(17-2)13(10)14/h5-6,9,15-16H,4,7-8H2,1-3H3. The molecule has 0 radical (unpaired) electrons. The van der Waals surface area contributed by atoms with Crippen LogP contribution >= 0.6 is 0 Å². The summed E-state index contributed by atoms with van der Waals surface area (Å²) in [5.41, 5.74) is 2.25. The molecule has 2 N–H and O–H groups in total. The van der Waals surface area contributed by atoms with Crippen LogP contribution in [0.3, 0.4) is 0 Å². The van der Waals surface area contributed by atoms with Crippen molar-refractivity contribution in [2.75, 3.05) is 27.3 Å². The number of hydrogen-bond acceptors (Lipinski definition) is 3. The van der Waals surface area contributed by atoms with Crippen LogP contribution in [0, 0.1) is 0 Å². The van der Waals surface area contributed by atoms with Gasteiger partial charge in [0.15, 0.2) is 0 Å². The molecule has 0 unspecified atom stereocenters. The van der Waals surface area contributed by atoms with Crippen molar-refractivity contribution in [2.24, 2.45) is 0 Å². The third-order valence-electron chi connectivity index (χ3n) is 3.10. The van der Waals surface area contributed by atoms with Crippen LogP contribution in [0.15, 0.2) is 18.3 Å². The van der Waals surface area contributed by atoms with Crippen molar-refractivity contribution in [1.82, 2.24) is 10.3 Å². The summed E-state index contributed by atoms with van der Waals surface area (Å²) in [5.74, 6) is 1.74. The molecule has 0 spiro atoms. The van der Waals surface area contributed by atoms with Gasteiger partial charge in [-0.05, 0) is 37.2 Å². The second-order valence-electron chi connectivity index (χ2n) is 4.14. The van der Waals surface area contributed by atoms with Gasteiger partial charge in [0.05, 0.1) is 19.7 Å². The first-order chi connectivity index (χ1) is 8.81. The fraction of sp³-hybridized carbons (Fsp3) is 0.429. The van der Waals surface area contributed by atoms with E-state index in [-0.39, 0.29) is 0 Å². The summed E-state index contributed by atoms with van der Waals surface area (Å²) >= 11 is 0. The van der Waals surface area contributed by atoms with E-state index in [2.05, 4.69) is 17.2 Å². The molecule has 4 nitrogen and oxygen atoms in total. The van der Waals surface area contributed by atoms with Crippen LogP contribution in [0.25, 0.3) is 10.9 Å². The van der Waals surface area contributed by atoms with Crippen LogP contribution in [0.4, 0.5) is 0 Å².